The van der Waals surface area contributed by atoms with E-state index in [1.54, 1.807) is 35.9 Å². The van der Waals surface area contributed by atoms with Crippen molar-refractivity contribution in [3.05, 3.63) is 81.4 Å². The molecule has 1 amide bonds. The van der Waals surface area contributed by atoms with Gasteiger partial charge in [-0.05, 0) is 57.2 Å². The molecule has 0 fully saturated rings. The van der Waals surface area contributed by atoms with Crippen LogP contribution in [0.2, 0.25) is 5.02 Å². The third-order valence-corrected chi connectivity index (χ3v) is 5.26. The number of hydrogen-bond donors (Lipinski definition) is 1. The molecule has 1 atom stereocenters. The molecule has 30 heavy (non-hydrogen) atoms. The lowest BCUT2D eigenvalue weighted by Crippen LogP contribution is -2.34. The van der Waals surface area contributed by atoms with E-state index in [-0.39, 0.29) is 11.4 Å². The number of benzene rings is 2. The van der Waals surface area contributed by atoms with Crippen molar-refractivity contribution in [2.75, 3.05) is 5.32 Å². The van der Waals surface area contributed by atoms with Gasteiger partial charge in [0.1, 0.15) is 6.04 Å². The van der Waals surface area contributed by atoms with Crippen LogP contribution in [0.3, 0.4) is 0 Å². The van der Waals surface area contributed by atoms with Gasteiger partial charge >= 0.3 is 0 Å². The van der Waals surface area contributed by atoms with Crippen LogP contribution in [0.15, 0.2) is 59.4 Å². The molecule has 0 aliphatic rings. The zero-order valence-corrected chi connectivity index (χ0v) is 17.5. The van der Waals surface area contributed by atoms with Gasteiger partial charge in [-0.1, -0.05) is 29.8 Å². The molecule has 0 spiro atoms. The Kier molecular flexibility index (Phi) is 5.13. The number of para-hydroxylation sites is 1. The van der Waals surface area contributed by atoms with Gasteiger partial charge in [-0.25, -0.2) is 9.36 Å². The Hall–Kier alpha value is -3.45. The van der Waals surface area contributed by atoms with Crippen molar-refractivity contribution in [1.82, 2.24) is 19.6 Å². The monoisotopic (exact) mass is 421 g/mol. The minimum Gasteiger partial charge on any atom is -0.324 e. The van der Waals surface area contributed by atoms with Crippen molar-refractivity contribution in [3.8, 4) is 5.69 Å². The van der Waals surface area contributed by atoms with E-state index >= 15 is 0 Å². The molecular weight excluding hydrogens is 402 g/mol. The summed E-state index contributed by atoms with van der Waals surface area (Å²) in [7, 11) is 0. The Bertz CT molecular complexity index is 1290. The number of carbonyl (C=O) groups is 1. The first kappa shape index (κ1) is 19.8. The highest BCUT2D eigenvalue weighted by Gasteiger charge is 2.23. The second-order valence-electron chi connectivity index (χ2n) is 7.06. The predicted molar refractivity (Wildman–Crippen MR) is 117 cm³/mol. The molecule has 2 aromatic carbocycles. The number of anilines is 1. The topological polar surface area (TPSA) is 81.8 Å². The quantitative estimate of drug-likeness (QED) is 0.539. The average molecular weight is 422 g/mol. The summed E-state index contributed by atoms with van der Waals surface area (Å²) in [4.78, 5) is 25.9. The van der Waals surface area contributed by atoms with Crippen LogP contribution in [0.1, 0.15) is 24.4 Å². The number of carbonyl (C=O) groups excluding carboxylic acids is 1. The molecule has 0 aliphatic heterocycles. The van der Waals surface area contributed by atoms with Crippen molar-refractivity contribution in [3.63, 3.8) is 0 Å². The molecule has 0 saturated heterocycles. The van der Waals surface area contributed by atoms with Gasteiger partial charge in [0.05, 0.1) is 22.5 Å². The summed E-state index contributed by atoms with van der Waals surface area (Å²) >= 11 is 5.88. The highest BCUT2D eigenvalue weighted by Crippen LogP contribution is 2.22. The highest BCUT2D eigenvalue weighted by atomic mass is 35.5. The van der Waals surface area contributed by atoms with Gasteiger partial charge in [0.2, 0.25) is 5.91 Å². The van der Waals surface area contributed by atoms with Crippen LogP contribution >= 0.6 is 11.6 Å². The van der Waals surface area contributed by atoms with Gasteiger partial charge < -0.3 is 5.32 Å². The lowest BCUT2D eigenvalue weighted by molar-refractivity contribution is -0.119. The number of hydrogen-bond acceptors (Lipinski definition) is 4. The summed E-state index contributed by atoms with van der Waals surface area (Å²) in [5, 5.41) is 13.0. The second-order valence-corrected chi connectivity index (χ2v) is 7.50. The maximum atomic E-state index is 13.1. The molecule has 2 aromatic heterocycles. The smallest absolute Gasteiger partial charge is 0.295 e. The molecule has 4 aromatic rings. The molecule has 0 aliphatic carbocycles. The maximum absolute atomic E-state index is 13.1. The van der Waals surface area contributed by atoms with Crippen LogP contribution in [-0.4, -0.2) is 25.5 Å². The molecule has 2 heterocycles. The Balaban J connectivity index is 1.74. The number of fused-ring (bicyclic) bond motifs is 1. The van der Waals surface area contributed by atoms with Crippen LogP contribution in [0.5, 0.6) is 0 Å². The van der Waals surface area contributed by atoms with Gasteiger partial charge in [0.25, 0.3) is 5.56 Å². The van der Waals surface area contributed by atoms with Gasteiger partial charge in [-0.15, -0.1) is 0 Å². The third kappa shape index (κ3) is 3.48. The summed E-state index contributed by atoms with van der Waals surface area (Å²) in [5.41, 5.74) is 2.78. The number of nitrogens with one attached hydrogen (secondary N) is 1. The third-order valence-electron chi connectivity index (χ3n) is 5.01. The largest absolute Gasteiger partial charge is 0.324 e. The summed E-state index contributed by atoms with van der Waals surface area (Å²) in [6.07, 6.45) is 0. The lowest BCUT2D eigenvalue weighted by atomic mass is 10.2. The fourth-order valence-electron chi connectivity index (χ4n) is 3.42. The number of aryl methyl sites for hydroxylation is 2. The first-order valence-electron chi connectivity index (χ1n) is 9.47. The standard InChI is InChI=1S/C22H20ClN5O2/c1-13-19-14(2)27(18-7-5-4-6-8-18)26-20(19)22(30)28(25-13)15(3)21(29)24-17-11-9-16(23)10-12-17/h4-12,15H,1-3H3,(H,24,29)/t15-/m1/s1. The second kappa shape index (κ2) is 7.76. The van der Waals surface area contributed by atoms with Gasteiger partial charge in [0.15, 0.2) is 5.52 Å². The van der Waals surface area contributed by atoms with Crippen LogP contribution in [0.4, 0.5) is 5.69 Å². The molecule has 152 valence electrons. The maximum Gasteiger partial charge on any atom is 0.295 e. The minimum atomic E-state index is -0.821. The van der Waals surface area contributed by atoms with Crippen LogP contribution in [0, 0.1) is 13.8 Å². The number of halogens is 1. The highest BCUT2D eigenvalue weighted by molar-refractivity contribution is 6.30. The molecule has 0 saturated carbocycles. The molecule has 4 rings (SSSR count). The molecule has 0 unspecified atom stereocenters. The zero-order valence-electron chi connectivity index (χ0n) is 16.8. The van der Waals surface area contributed by atoms with Crippen molar-refractivity contribution in [2.24, 2.45) is 0 Å². The van der Waals surface area contributed by atoms with Crippen molar-refractivity contribution in [1.29, 1.82) is 0 Å². The number of amides is 1. The van der Waals surface area contributed by atoms with Crippen molar-refractivity contribution < 1.29 is 4.79 Å². The molecular formula is C22H20ClN5O2. The van der Waals surface area contributed by atoms with Crippen molar-refractivity contribution in [2.45, 2.75) is 26.8 Å². The fraction of sp³-hybridized carbons (Fsp3) is 0.182. The van der Waals surface area contributed by atoms with E-state index in [1.165, 1.54) is 4.68 Å². The first-order chi connectivity index (χ1) is 14.4. The summed E-state index contributed by atoms with van der Waals surface area (Å²) in [6, 6.07) is 15.5. The first-order valence-corrected chi connectivity index (χ1v) is 9.85. The summed E-state index contributed by atoms with van der Waals surface area (Å²) < 4.78 is 2.91. The van der Waals surface area contributed by atoms with Gasteiger partial charge in [-0.3, -0.25) is 9.59 Å². The van der Waals surface area contributed by atoms with E-state index in [1.807, 2.05) is 44.2 Å². The van der Waals surface area contributed by atoms with Crippen LogP contribution < -0.4 is 10.9 Å². The predicted octanol–water partition coefficient (Wildman–Crippen LogP) is 4.05. The molecule has 7 nitrogen and oxygen atoms in total. The number of nitrogens with zero attached hydrogens (tertiary/aromatic N) is 4. The zero-order chi connectivity index (χ0) is 21.4. The molecule has 8 heteroatoms. The molecule has 1 N–H and O–H groups in total. The van der Waals surface area contributed by atoms with E-state index in [0.717, 1.165) is 11.4 Å². The Labute approximate surface area is 177 Å². The Morgan fingerprint density at radius 3 is 2.37 bits per heavy atom. The molecule has 0 radical (unpaired) electrons. The van der Waals surface area contributed by atoms with E-state index < -0.39 is 11.6 Å². The Morgan fingerprint density at radius 2 is 1.70 bits per heavy atom. The SMILES string of the molecule is Cc1nn([C@H](C)C(=O)Nc2ccc(Cl)cc2)c(=O)c2nn(-c3ccccc3)c(C)c12. The number of aromatic nitrogens is 4. The van der Waals surface area contributed by atoms with Crippen LogP contribution in [0.25, 0.3) is 16.6 Å². The normalized spacial score (nSPS) is 12.1. The van der Waals surface area contributed by atoms with Crippen LogP contribution in [-0.2, 0) is 4.79 Å². The number of rotatable bonds is 4. The van der Waals surface area contributed by atoms with Gasteiger partial charge in [0, 0.05) is 10.7 Å². The summed E-state index contributed by atoms with van der Waals surface area (Å²) in [5.74, 6) is -0.357. The van der Waals surface area contributed by atoms with Gasteiger partial charge in [-0.2, -0.15) is 10.2 Å². The van der Waals surface area contributed by atoms with Crippen molar-refractivity contribution >= 4 is 34.1 Å². The fourth-order valence-corrected chi connectivity index (χ4v) is 3.55. The Morgan fingerprint density at radius 1 is 1.03 bits per heavy atom. The van der Waals surface area contributed by atoms with E-state index in [9.17, 15) is 9.59 Å². The average Bonchev–Trinajstić information content (AvgIpc) is 3.10. The minimum absolute atomic E-state index is 0.287. The lowest BCUT2D eigenvalue weighted by Gasteiger charge is -2.15. The molecule has 0 bridgehead atoms. The summed E-state index contributed by atoms with van der Waals surface area (Å²) in [6.45, 7) is 5.34. The van der Waals surface area contributed by atoms with E-state index in [0.29, 0.717) is 21.8 Å². The van der Waals surface area contributed by atoms with E-state index in [4.69, 9.17) is 11.6 Å². The van der Waals surface area contributed by atoms with E-state index in [2.05, 4.69) is 15.5 Å².